The lowest BCUT2D eigenvalue weighted by atomic mass is 10.1. The van der Waals surface area contributed by atoms with E-state index in [1.54, 1.807) is 12.1 Å². The number of carboxylic acids is 1. The number of hydrogen-bond acceptors (Lipinski definition) is 3. The van der Waals surface area contributed by atoms with Crippen molar-refractivity contribution >= 4 is 18.6 Å². The number of carbonyl (C=O) groups is 1. The highest BCUT2D eigenvalue weighted by atomic mass is 32.1. The first-order valence-electron chi connectivity index (χ1n) is 4.30. The van der Waals surface area contributed by atoms with E-state index in [4.69, 9.17) is 9.84 Å². The number of benzene rings is 1. The van der Waals surface area contributed by atoms with Gasteiger partial charge in [-0.1, -0.05) is 6.92 Å². The summed E-state index contributed by atoms with van der Waals surface area (Å²) in [6, 6.07) is 5.39. The second-order valence-electron chi connectivity index (χ2n) is 2.83. The van der Waals surface area contributed by atoms with Gasteiger partial charge in [0.25, 0.3) is 0 Å². The summed E-state index contributed by atoms with van der Waals surface area (Å²) in [6.45, 7) is 1.68. The van der Waals surface area contributed by atoms with Crippen molar-refractivity contribution in [1.29, 1.82) is 0 Å². The van der Waals surface area contributed by atoms with Gasteiger partial charge in [-0.15, -0.1) is 12.6 Å². The molecule has 0 radical (unpaired) electrons. The fraction of sp³-hybridized carbons (Fsp3) is 0.300. The molecule has 0 atom stereocenters. The second kappa shape index (κ2) is 4.91. The van der Waals surface area contributed by atoms with Gasteiger partial charge in [0.05, 0.1) is 0 Å². The average molecular weight is 212 g/mol. The molecule has 1 aromatic carbocycles. The minimum Gasteiger partial charge on any atom is -0.482 e. The van der Waals surface area contributed by atoms with E-state index in [1.807, 2.05) is 13.0 Å². The monoisotopic (exact) mass is 212 g/mol. The molecule has 0 saturated carbocycles. The highest BCUT2D eigenvalue weighted by Gasteiger charge is 2.04. The molecule has 0 bridgehead atoms. The van der Waals surface area contributed by atoms with Gasteiger partial charge >= 0.3 is 5.97 Å². The van der Waals surface area contributed by atoms with Crippen LogP contribution in [0.25, 0.3) is 0 Å². The Morgan fingerprint density at radius 1 is 1.57 bits per heavy atom. The molecule has 1 rings (SSSR count). The smallest absolute Gasteiger partial charge is 0.341 e. The third kappa shape index (κ3) is 2.96. The molecule has 0 heterocycles. The van der Waals surface area contributed by atoms with Crippen molar-refractivity contribution in [3.63, 3.8) is 0 Å². The molecule has 1 N–H and O–H groups in total. The van der Waals surface area contributed by atoms with Crippen molar-refractivity contribution in [2.24, 2.45) is 0 Å². The summed E-state index contributed by atoms with van der Waals surface area (Å²) in [7, 11) is 0. The lowest BCUT2D eigenvalue weighted by Gasteiger charge is -2.08. The molecule has 0 aliphatic heterocycles. The molecule has 0 aliphatic rings. The molecule has 0 fully saturated rings. The maximum absolute atomic E-state index is 10.3. The van der Waals surface area contributed by atoms with Crippen LogP contribution >= 0.6 is 12.6 Å². The van der Waals surface area contributed by atoms with Crippen LogP contribution in [0.15, 0.2) is 23.1 Å². The van der Waals surface area contributed by atoms with E-state index in [0.29, 0.717) is 5.75 Å². The molecule has 1 aromatic rings. The maximum Gasteiger partial charge on any atom is 0.341 e. The minimum atomic E-state index is -0.970. The molecular formula is C10H12O3S. The van der Waals surface area contributed by atoms with Crippen LogP contribution in [0.4, 0.5) is 0 Å². The van der Waals surface area contributed by atoms with Crippen molar-refractivity contribution in [2.75, 3.05) is 6.61 Å². The zero-order chi connectivity index (χ0) is 10.6. The van der Waals surface area contributed by atoms with Gasteiger partial charge in [0.2, 0.25) is 0 Å². The van der Waals surface area contributed by atoms with Gasteiger partial charge in [0.1, 0.15) is 5.75 Å². The summed E-state index contributed by atoms with van der Waals surface area (Å²) in [5.74, 6) is -0.352. The van der Waals surface area contributed by atoms with Crippen LogP contribution in [0.5, 0.6) is 5.75 Å². The van der Waals surface area contributed by atoms with Gasteiger partial charge in [0.15, 0.2) is 6.61 Å². The van der Waals surface area contributed by atoms with E-state index in [0.717, 1.165) is 16.9 Å². The molecule has 0 aliphatic carbocycles. The van der Waals surface area contributed by atoms with Crippen molar-refractivity contribution in [3.8, 4) is 5.75 Å². The van der Waals surface area contributed by atoms with Crippen LogP contribution in [0.3, 0.4) is 0 Å². The Morgan fingerprint density at radius 2 is 2.29 bits per heavy atom. The van der Waals surface area contributed by atoms with Crippen molar-refractivity contribution in [1.82, 2.24) is 0 Å². The van der Waals surface area contributed by atoms with E-state index in [9.17, 15) is 4.79 Å². The molecule has 0 amide bonds. The fourth-order valence-electron chi connectivity index (χ4n) is 1.12. The Hall–Kier alpha value is -1.16. The Morgan fingerprint density at radius 3 is 2.86 bits per heavy atom. The van der Waals surface area contributed by atoms with Gasteiger partial charge in [-0.3, -0.25) is 0 Å². The predicted molar refractivity (Wildman–Crippen MR) is 56.2 cm³/mol. The Kier molecular flexibility index (Phi) is 3.83. The summed E-state index contributed by atoms with van der Waals surface area (Å²) in [6.07, 6.45) is 0.795. The zero-order valence-electron chi connectivity index (χ0n) is 7.86. The molecule has 0 saturated heterocycles. The summed E-state index contributed by atoms with van der Waals surface area (Å²) < 4.78 is 5.11. The van der Waals surface area contributed by atoms with E-state index in [2.05, 4.69) is 12.6 Å². The number of hydrogen-bond donors (Lipinski definition) is 2. The Balaban J connectivity index is 2.80. The lowest BCUT2D eigenvalue weighted by Crippen LogP contribution is -2.10. The van der Waals surface area contributed by atoms with Crippen LogP contribution in [0.1, 0.15) is 12.5 Å². The molecule has 0 aromatic heterocycles. The van der Waals surface area contributed by atoms with E-state index in [-0.39, 0.29) is 6.61 Å². The zero-order valence-corrected chi connectivity index (χ0v) is 8.75. The summed E-state index contributed by atoms with van der Waals surface area (Å²) in [5, 5.41) is 8.45. The summed E-state index contributed by atoms with van der Waals surface area (Å²) in [5.41, 5.74) is 0.971. The minimum absolute atomic E-state index is 0.307. The standard InChI is InChI=1S/C10H12O3S/c1-2-7-5-8(14)3-4-9(7)13-6-10(11)12/h3-5,14H,2,6H2,1H3,(H,11,12). The highest BCUT2D eigenvalue weighted by molar-refractivity contribution is 7.80. The SMILES string of the molecule is CCc1cc(S)ccc1OCC(=O)O. The van der Waals surface area contributed by atoms with Crippen LogP contribution in [0.2, 0.25) is 0 Å². The summed E-state index contributed by atoms with van der Waals surface area (Å²) >= 11 is 4.19. The third-order valence-corrected chi connectivity index (χ3v) is 2.05. The van der Waals surface area contributed by atoms with Crippen LogP contribution < -0.4 is 4.74 Å². The van der Waals surface area contributed by atoms with Gasteiger partial charge in [-0.05, 0) is 30.2 Å². The van der Waals surface area contributed by atoms with E-state index < -0.39 is 5.97 Å². The van der Waals surface area contributed by atoms with Crippen molar-refractivity contribution in [2.45, 2.75) is 18.2 Å². The number of rotatable bonds is 4. The van der Waals surface area contributed by atoms with Gasteiger partial charge < -0.3 is 9.84 Å². The van der Waals surface area contributed by atoms with Crippen LogP contribution in [-0.2, 0) is 11.2 Å². The largest absolute Gasteiger partial charge is 0.482 e. The van der Waals surface area contributed by atoms with Gasteiger partial charge in [0, 0.05) is 4.90 Å². The maximum atomic E-state index is 10.3. The van der Waals surface area contributed by atoms with Gasteiger partial charge in [-0.25, -0.2) is 4.79 Å². The first kappa shape index (κ1) is 10.9. The molecule has 4 heteroatoms. The number of thiol groups is 1. The second-order valence-corrected chi connectivity index (χ2v) is 3.34. The first-order chi connectivity index (χ1) is 6.63. The number of carboxylic acid groups (broad SMARTS) is 1. The first-order valence-corrected chi connectivity index (χ1v) is 4.74. The molecule has 0 unspecified atom stereocenters. The normalized spacial score (nSPS) is 9.86. The van der Waals surface area contributed by atoms with E-state index >= 15 is 0 Å². The molecular weight excluding hydrogens is 200 g/mol. The summed E-state index contributed by atoms with van der Waals surface area (Å²) in [4.78, 5) is 11.2. The van der Waals surface area contributed by atoms with E-state index in [1.165, 1.54) is 0 Å². The van der Waals surface area contributed by atoms with Crippen molar-refractivity contribution in [3.05, 3.63) is 23.8 Å². The predicted octanol–water partition coefficient (Wildman–Crippen LogP) is 2.00. The fourth-order valence-corrected chi connectivity index (χ4v) is 1.35. The molecule has 3 nitrogen and oxygen atoms in total. The molecule has 76 valence electrons. The molecule has 14 heavy (non-hydrogen) atoms. The lowest BCUT2D eigenvalue weighted by molar-refractivity contribution is -0.139. The van der Waals surface area contributed by atoms with Crippen LogP contribution in [0, 0.1) is 0 Å². The highest BCUT2D eigenvalue weighted by Crippen LogP contribution is 2.22. The average Bonchev–Trinajstić information content (AvgIpc) is 2.15. The van der Waals surface area contributed by atoms with Gasteiger partial charge in [-0.2, -0.15) is 0 Å². The van der Waals surface area contributed by atoms with Crippen LogP contribution in [-0.4, -0.2) is 17.7 Å². The third-order valence-electron chi connectivity index (χ3n) is 1.78. The number of aliphatic carboxylic acids is 1. The number of aryl methyl sites for hydroxylation is 1. The van der Waals surface area contributed by atoms with Crippen molar-refractivity contribution < 1.29 is 14.6 Å². The topological polar surface area (TPSA) is 46.5 Å². The molecule has 0 spiro atoms. The Labute approximate surface area is 88.1 Å². The number of ether oxygens (including phenoxy) is 1. The Bertz CT molecular complexity index is 336. The quantitative estimate of drug-likeness (QED) is 0.750.